The first kappa shape index (κ1) is 26.4. The molecule has 0 fully saturated rings. The molecule has 0 saturated carbocycles. The summed E-state index contributed by atoms with van der Waals surface area (Å²) < 4.78 is 0. The van der Waals surface area contributed by atoms with E-state index in [4.69, 9.17) is 17.2 Å². The lowest BCUT2D eigenvalue weighted by Gasteiger charge is -2.22. The van der Waals surface area contributed by atoms with Gasteiger partial charge in [0.05, 0.1) is 12.1 Å². The van der Waals surface area contributed by atoms with Crippen molar-refractivity contribution >= 4 is 35.0 Å². The number of para-hydroxylation sites is 1. The SMILES string of the molecule is NC(N)=NCCC[C@@H](C=O)NC(=O)[C@H](Cc1c[nH]c2ccccc12)NC(=O)[C@H](N)Cc1ccccc1. The van der Waals surface area contributed by atoms with E-state index in [1.54, 1.807) is 0 Å². The first-order chi connectivity index (χ1) is 17.4. The second-order valence-electron chi connectivity index (χ2n) is 8.62. The summed E-state index contributed by atoms with van der Waals surface area (Å²) in [6.07, 6.45) is 3.89. The summed E-state index contributed by atoms with van der Waals surface area (Å²) in [5.74, 6) is -0.955. The summed E-state index contributed by atoms with van der Waals surface area (Å²) in [4.78, 5) is 44.9. The zero-order chi connectivity index (χ0) is 25.9. The van der Waals surface area contributed by atoms with Crippen molar-refractivity contribution in [2.75, 3.05) is 6.54 Å². The molecule has 9 N–H and O–H groups in total. The number of hydrogen-bond acceptors (Lipinski definition) is 5. The van der Waals surface area contributed by atoms with Crippen molar-refractivity contribution in [1.29, 1.82) is 0 Å². The number of aldehydes is 1. The number of carbonyl (C=O) groups is 3. The molecule has 3 rings (SSSR count). The predicted molar refractivity (Wildman–Crippen MR) is 140 cm³/mol. The highest BCUT2D eigenvalue weighted by Gasteiger charge is 2.26. The van der Waals surface area contributed by atoms with Crippen molar-refractivity contribution in [1.82, 2.24) is 15.6 Å². The normalized spacial score (nSPS) is 13.4. The molecule has 10 heteroatoms. The number of rotatable bonds is 13. The largest absolute Gasteiger partial charge is 0.370 e. The number of aromatic amines is 1. The number of benzene rings is 2. The van der Waals surface area contributed by atoms with E-state index in [0.29, 0.717) is 32.1 Å². The number of nitrogens with one attached hydrogen (secondary N) is 3. The van der Waals surface area contributed by atoms with Crippen LogP contribution in [0.3, 0.4) is 0 Å². The molecule has 0 unspecified atom stereocenters. The lowest BCUT2D eigenvalue weighted by Crippen LogP contribution is -2.54. The molecule has 1 aromatic heterocycles. The number of nitrogens with two attached hydrogens (primary N) is 3. The van der Waals surface area contributed by atoms with Crippen molar-refractivity contribution in [2.24, 2.45) is 22.2 Å². The highest BCUT2D eigenvalue weighted by molar-refractivity contribution is 5.92. The Balaban J connectivity index is 1.72. The third kappa shape index (κ3) is 7.67. The third-order valence-electron chi connectivity index (χ3n) is 5.83. The van der Waals surface area contributed by atoms with Gasteiger partial charge < -0.3 is 37.6 Å². The van der Waals surface area contributed by atoms with Crippen molar-refractivity contribution in [3.63, 3.8) is 0 Å². The lowest BCUT2D eigenvalue weighted by atomic mass is 10.0. The first-order valence-corrected chi connectivity index (χ1v) is 11.8. The van der Waals surface area contributed by atoms with E-state index in [2.05, 4.69) is 20.6 Å². The molecule has 3 atom stereocenters. The summed E-state index contributed by atoms with van der Waals surface area (Å²) in [5, 5.41) is 6.46. The molecule has 36 heavy (non-hydrogen) atoms. The molecule has 0 aliphatic carbocycles. The van der Waals surface area contributed by atoms with Gasteiger partial charge in [-0.15, -0.1) is 0 Å². The maximum absolute atomic E-state index is 13.2. The number of carbonyl (C=O) groups excluding carboxylic acids is 3. The molecule has 2 amide bonds. The molecule has 190 valence electrons. The number of aromatic nitrogens is 1. The Kier molecular flexibility index (Phi) is 9.58. The van der Waals surface area contributed by atoms with Crippen molar-refractivity contribution in [3.8, 4) is 0 Å². The van der Waals surface area contributed by atoms with Crippen LogP contribution in [0.1, 0.15) is 24.0 Å². The van der Waals surface area contributed by atoms with Crippen LogP contribution in [-0.4, -0.2) is 53.7 Å². The quantitative estimate of drug-likeness (QED) is 0.0876. The fourth-order valence-corrected chi connectivity index (χ4v) is 3.95. The minimum atomic E-state index is -0.932. The summed E-state index contributed by atoms with van der Waals surface area (Å²) in [5.41, 5.74) is 19.5. The zero-order valence-electron chi connectivity index (χ0n) is 20.0. The van der Waals surface area contributed by atoms with Gasteiger partial charge in [0, 0.05) is 30.1 Å². The van der Waals surface area contributed by atoms with Gasteiger partial charge in [0.25, 0.3) is 0 Å². The Bertz CT molecular complexity index is 1190. The minimum Gasteiger partial charge on any atom is -0.370 e. The van der Waals surface area contributed by atoms with Crippen LogP contribution in [0.4, 0.5) is 0 Å². The van der Waals surface area contributed by atoms with E-state index in [1.165, 1.54) is 0 Å². The van der Waals surface area contributed by atoms with Crippen LogP contribution >= 0.6 is 0 Å². The molecule has 10 nitrogen and oxygen atoms in total. The molecule has 0 spiro atoms. The van der Waals surface area contributed by atoms with E-state index >= 15 is 0 Å². The number of fused-ring (bicyclic) bond motifs is 1. The number of H-pyrrole nitrogens is 1. The average molecular weight is 492 g/mol. The molecule has 0 saturated heterocycles. The third-order valence-corrected chi connectivity index (χ3v) is 5.83. The van der Waals surface area contributed by atoms with Crippen molar-refractivity contribution in [2.45, 2.75) is 43.8 Å². The van der Waals surface area contributed by atoms with Crippen LogP contribution < -0.4 is 27.8 Å². The maximum atomic E-state index is 13.2. The molecule has 0 bridgehead atoms. The monoisotopic (exact) mass is 491 g/mol. The summed E-state index contributed by atoms with van der Waals surface area (Å²) in [6.45, 7) is 0.340. The number of amides is 2. The van der Waals surface area contributed by atoms with E-state index in [1.807, 2.05) is 60.8 Å². The molecule has 0 aliphatic rings. The molecule has 2 aromatic carbocycles. The smallest absolute Gasteiger partial charge is 0.243 e. The van der Waals surface area contributed by atoms with E-state index in [0.717, 1.165) is 22.0 Å². The molecule has 1 heterocycles. The summed E-state index contributed by atoms with van der Waals surface area (Å²) in [6, 6.07) is 14.6. The lowest BCUT2D eigenvalue weighted by molar-refractivity contribution is -0.130. The van der Waals surface area contributed by atoms with Crippen molar-refractivity contribution in [3.05, 3.63) is 71.9 Å². The van der Waals surface area contributed by atoms with Gasteiger partial charge in [0.2, 0.25) is 11.8 Å². The topological polar surface area (TPSA) is 181 Å². The Morgan fingerprint density at radius 2 is 1.69 bits per heavy atom. The van der Waals surface area contributed by atoms with Crippen LogP contribution in [-0.2, 0) is 27.2 Å². The number of guanidine groups is 1. The Labute approximate surface area is 209 Å². The van der Waals surface area contributed by atoms with Crippen LogP contribution in [0, 0.1) is 0 Å². The fraction of sp³-hybridized carbons (Fsp3) is 0.308. The maximum Gasteiger partial charge on any atom is 0.243 e. The number of aliphatic imine (C=N–C) groups is 1. The van der Waals surface area contributed by atoms with Gasteiger partial charge in [-0.3, -0.25) is 14.6 Å². The fourth-order valence-electron chi connectivity index (χ4n) is 3.95. The van der Waals surface area contributed by atoms with Gasteiger partial charge >= 0.3 is 0 Å². The standard InChI is InChI=1S/C26H33N7O3/c27-21(13-17-7-2-1-3-8-17)24(35)33-23(14-18-15-31-22-11-5-4-10-20(18)22)25(36)32-19(16-34)9-6-12-30-26(28)29/h1-5,7-8,10-11,15-16,19,21,23,31H,6,9,12-14,27H2,(H,32,36)(H,33,35)(H4,28,29,30)/t19-,21+,23-/m0/s1. The van der Waals surface area contributed by atoms with Gasteiger partial charge in [-0.2, -0.15) is 0 Å². The minimum absolute atomic E-state index is 0.0324. The Morgan fingerprint density at radius 3 is 2.42 bits per heavy atom. The van der Waals surface area contributed by atoms with Gasteiger partial charge in [-0.05, 0) is 36.5 Å². The van der Waals surface area contributed by atoms with E-state index < -0.39 is 29.9 Å². The van der Waals surface area contributed by atoms with Gasteiger partial charge in [-0.1, -0.05) is 48.5 Å². The summed E-state index contributed by atoms with van der Waals surface area (Å²) >= 11 is 0. The van der Waals surface area contributed by atoms with E-state index in [-0.39, 0.29) is 12.4 Å². The molecular weight excluding hydrogens is 458 g/mol. The van der Waals surface area contributed by atoms with Gasteiger partial charge in [-0.25, -0.2) is 0 Å². The van der Waals surface area contributed by atoms with Gasteiger partial charge in [0.15, 0.2) is 5.96 Å². The molecular formula is C26H33N7O3. The predicted octanol–water partition coefficient (Wildman–Crippen LogP) is 0.503. The summed E-state index contributed by atoms with van der Waals surface area (Å²) in [7, 11) is 0. The molecule has 3 aromatic rings. The highest BCUT2D eigenvalue weighted by atomic mass is 16.2. The zero-order valence-corrected chi connectivity index (χ0v) is 20.0. The number of nitrogens with zero attached hydrogens (tertiary/aromatic N) is 1. The average Bonchev–Trinajstić information content (AvgIpc) is 3.28. The highest BCUT2D eigenvalue weighted by Crippen LogP contribution is 2.19. The Morgan fingerprint density at radius 1 is 0.972 bits per heavy atom. The number of hydrogen-bond donors (Lipinski definition) is 6. The first-order valence-electron chi connectivity index (χ1n) is 11.8. The second-order valence-corrected chi connectivity index (χ2v) is 8.62. The molecule has 0 radical (unpaired) electrons. The van der Waals surface area contributed by atoms with Crippen molar-refractivity contribution < 1.29 is 14.4 Å². The van der Waals surface area contributed by atoms with Crippen LogP contribution in [0.25, 0.3) is 10.9 Å². The second kappa shape index (κ2) is 13.1. The van der Waals surface area contributed by atoms with E-state index in [9.17, 15) is 14.4 Å². The van der Waals surface area contributed by atoms with Crippen LogP contribution in [0.2, 0.25) is 0 Å². The van der Waals surface area contributed by atoms with Gasteiger partial charge in [0.1, 0.15) is 12.3 Å². The van der Waals surface area contributed by atoms with Crippen LogP contribution in [0.15, 0.2) is 65.8 Å². The van der Waals surface area contributed by atoms with Crippen LogP contribution in [0.5, 0.6) is 0 Å². The Hall–Kier alpha value is -4.18. The molecule has 0 aliphatic heterocycles.